The number of nitrogens with one attached hydrogen (secondary N) is 1. The monoisotopic (exact) mass is 567 g/mol. The number of fused-ring (bicyclic) bond motifs is 1. The molecule has 40 heavy (non-hydrogen) atoms. The molecule has 1 aliphatic heterocycles. The van der Waals surface area contributed by atoms with Gasteiger partial charge in [0.2, 0.25) is 11.8 Å². The molecular weight excluding hydrogens is 530 g/mol. The van der Waals surface area contributed by atoms with E-state index in [1.165, 1.54) is 12.8 Å². The van der Waals surface area contributed by atoms with Crippen molar-refractivity contribution in [3.05, 3.63) is 35.1 Å². The molecule has 1 aromatic carbocycles. The average molecular weight is 568 g/mol. The number of carbonyl (C=O) groups is 1. The van der Waals surface area contributed by atoms with Gasteiger partial charge in [0.05, 0.1) is 11.6 Å². The third kappa shape index (κ3) is 5.65. The molecule has 10 nitrogen and oxygen atoms in total. The summed E-state index contributed by atoms with van der Waals surface area (Å²) in [6.07, 6.45) is 5.62. The van der Waals surface area contributed by atoms with E-state index < -0.39 is 12.0 Å². The minimum Gasteiger partial charge on any atom is -0.388 e. The Hall–Kier alpha value is -3.24. The maximum absolute atomic E-state index is 11.4. The predicted molar refractivity (Wildman–Crippen MR) is 156 cm³/mol. The van der Waals surface area contributed by atoms with Gasteiger partial charge in [-0.25, -0.2) is 14.8 Å². The normalized spacial score (nSPS) is 21.6. The van der Waals surface area contributed by atoms with E-state index in [1.54, 1.807) is 13.2 Å². The van der Waals surface area contributed by atoms with Gasteiger partial charge in [-0.3, -0.25) is 5.41 Å². The second-order valence-corrected chi connectivity index (χ2v) is 12.1. The molecule has 2 fully saturated rings. The van der Waals surface area contributed by atoms with Crippen molar-refractivity contribution in [1.29, 1.82) is 5.41 Å². The number of hydrogen-bond donors (Lipinski definition) is 2. The molecule has 2 aromatic heterocycles. The number of nitrogens with two attached hydrogens (primary N) is 1. The minimum atomic E-state index is -1.10. The van der Waals surface area contributed by atoms with Crippen molar-refractivity contribution in [2.24, 2.45) is 17.6 Å². The zero-order valence-electron chi connectivity index (χ0n) is 23.6. The molecule has 1 unspecified atom stereocenters. The van der Waals surface area contributed by atoms with Gasteiger partial charge >= 0.3 is 6.09 Å². The van der Waals surface area contributed by atoms with Crippen molar-refractivity contribution in [2.45, 2.75) is 77.5 Å². The Bertz CT molecular complexity index is 1410. The van der Waals surface area contributed by atoms with Crippen LogP contribution in [0.25, 0.3) is 22.4 Å². The Kier molecular flexibility index (Phi) is 8.01. The van der Waals surface area contributed by atoms with E-state index in [0.29, 0.717) is 22.3 Å². The quantitative estimate of drug-likeness (QED) is 0.273. The van der Waals surface area contributed by atoms with Gasteiger partial charge in [0.1, 0.15) is 11.2 Å². The molecule has 0 radical (unpaired) electrons. The summed E-state index contributed by atoms with van der Waals surface area (Å²) in [6, 6.07) is 7.53. The summed E-state index contributed by atoms with van der Waals surface area (Å²) in [5, 5.41) is 8.85. The summed E-state index contributed by atoms with van der Waals surface area (Å²) >= 11 is 6.40. The third-order valence-corrected chi connectivity index (χ3v) is 8.74. The summed E-state index contributed by atoms with van der Waals surface area (Å²) in [5.41, 5.74) is 7.34. The highest BCUT2D eigenvalue weighted by molar-refractivity contribution is 6.30. The minimum absolute atomic E-state index is 0.0702. The highest BCUT2D eigenvalue weighted by atomic mass is 35.5. The molecule has 1 atom stereocenters. The molecular formula is C29H38ClN7O3. The number of rotatable bonds is 7. The van der Waals surface area contributed by atoms with Crippen LogP contribution in [0.4, 0.5) is 10.7 Å². The molecule has 3 aromatic rings. The molecule has 1 amide bonds. The van der Waals surface area contributed by atoms with Crippen molar-refractivity contribution in [3.63, 3.8) is 0 Å². The standard InChI is InChI=1S/C29H38ClN7O3/c1-17-10-12-18(13-11-17)16-37-23-22(19-7-5-8-20(30)15-19)33-26(24(31)40-27(32)38)34-25(23)35-28(37)36-14-6-9-21(36)29(2,3)39-4/h5,7-8,15,17-18,21,31H,6,9-14,16H2,1-4H3,(H2,32,38). The van der Waals surface area contributed by atoms with E-state index in [4.69, 9.17) is 42.2 Å². The Morgan fingerprint density at radius 1 is 1.18 bits per heavy atom. The topological polar surface area (TPSA) is 132 Å². The first-order chi connectivity index (χ1) is 19.1. The first-order valence-electron chi connectivity index (χ1n) is 14.0. The highest BCUT2D eigenvalue weighted by Gasteiger charge is 2.40. The highest BCUT2D eigenvalue weighted by Crippen LogP contribution is 2.39. The van der Waals surface area contributed by atoms with Gasteiger partial charge in [-0.05, 0) is 63.5 Å². The second kappa shape index (κ2) is 11.3. The third-order valence-electron chi connectivity index (χ3n) is 8.50. The fraction of sp³-hybridized carbons (Fsp3) is 0.552. The van der Waals surface area contributed by atoms with Gasteiger partial charge in [-0.1, -0.05) is 43.5 Å². The Morgan fingerprint density at radius 2 is 1.93 bits per heavy atom. The van der Waals surface area contributed by atoms with E-state index in [0.717, 1.165) is 61.7 Å². The van der Waals surface area contributed by atoms with E-state index in [9.17, 15) is 4.79 Å². The lowest BCUT2D eigenvalue weighted by Crippen LogP contribution is -2.48. The summed E-state index contributed by atoms with van der Waals surface area (Å²) in [5.74, 6) is 1.45. The molecule has 214 valence electrons. The summed E-state index contributed by atoms with van der Waals surface area (Å²) in [7, 11) is 1.75. The molecule has 3 N–H and O–H groups in total. The number of hydrogen-bond acceptors (Lipinski definition) is 8. The van der Waals surface area contributed by atoms with Crippen molar-refractivity contribution in [2.75, 3.05) is 18.6 Å². The van der Waals surface area contributed by atoms with Gasteiger partial charge < -0.3 is 24.7 Å². The number of carbonyl (C=O) groups excluding carboxylic acids is 1. The maximum atomic E-state index is 11.4. The van der Waals surface area contributed by atoms with E-state index in [-0.39, 0.29) is 17.5 Å². The molecule has 3 heterocycles. The van der Waals surface area contributed by atoms with Crippen LogP contribution in [0.3, 0.4) is 0 Å². The Morgan fingerprint density at radius 3 is 2.60 bits per heavy atom. The van der Waals surface area contributed by atoms with Crippen LogP contribution < -0.4 is 10.6 Å². The van der Waals surface area contributed by atoms with Crippen LogP contribution in [0.5, 0.6) is 0 Å². The number of amides is 1. The number of ether oxygens (including phenoxy) is 2. The largest absolute Gasteiger partial charge is 0.411 e. The van der Waals surface area contributed by atoms with Crippen LogP contribution in [0, 0.1) is 17.2 Å². The van der Waals surface area contributed by atoms with Gasteiger partial charge in [0, 0.05) is 30.8 Å². The summed E-state index contributed by atoms with van der Waals surface area (Å²) in [6.45, 7) is 8.18. The van der Waals surface area contributed by atoms with Crippen molar-refractivity contribution in [1.82, 2.24) is 19.5 Å². The zero-order valence-corrected chi connectivity index (χ0v) is 24.4. The number of methoxy groups -OCH3 is 1. The van der Waals surface area contributed by atoms with Gasteiger partial charge in [0.15, 0.2) is 5.65 Å². The molecule has 1 aliphatic carbocycles. The number of benzene rings is 1. The van der Waals surface area contributed by atoms with Crippen molar-refractivity contribution in [3.8, 4) is 11.3 Å². The first kappa shape index (κ1) is 28.3. The number of anilines is 1. The van der Waals surface area contributed by atoms with E-state index >= 15 is 0 Å². The summed E-state index contributed by atoms with van der Waals surface area (Å²) in [4.78, 5) is 28.2. The van der Waals surface area contributed by atoms with Crippen LogP contribution in [-0.2, 0) is 16.0 Å². The molecule has 0 spiro atoms. The fourth-order valence-corrected chi connectivity index (χ4v) is 6.33. The van der Waals surface area contributed by atoms with Crippen LogP contribution in [0.2, 0.25) is 5.02 Å². The number of aromatic nitrogens is 4. The van der Waals surface area contributed by atoms with Gasteiger partial charge in [0.25, 0.3) is 5.90 Å². The molecule has 1 saturated carbocycles. The molecule has 2 aliphatic rings. The first-order valence-corrected chi connectivity index (χ1v) is 14.4. The number of halogens is 1. The van der Waals surface area contributed by atoms with Crippen LogP contribution in [0.1, 0.15) is 65.1 Å². The number of nitrogens with zero attached hydrogens (tertiary/aromatic N) is 5. The maximum Gasteiger partial charge on any atom is 0.411 e. The fourth-order valence-electron chi connectivity index (χ4n) is 6.14. The molecule has 1 saturated heterocycles. The SMILES string of the molecule is COC(C)(C)C1CCCN1c1nc2nc(C(=N)OC(N)=O)nc(-c3cccc(Cl)c3)c2n1CC1CCC(C)CC1. The van der Waals surface area contributed by atoms with Crippen LogP contribution in [-0.4, -0.2) is 56.8 Å². The Labute approximate surface area is 239 Å². The van der Waals surface area contributed by atoms with Gasteiger partial charge in [-0.2, -0.15) is 4.98 Å². The number of imidazole rings is 1. The number of primary amides is 1. The van der Waals surface area contributed by atoms with Crippen LogP contribution >= 0.6 is 11.6 Å². The summed E-state index contributed by atoms with van der Waals surface area (Å²) < 4.78 is 13.0. The molecule has 0 bridgehead atoms. The lowest BCUT2D eigenvalue weighted by molar-refractivity contribution is 0.00151. The van der Waals surface area contributed by atoms with E-state index in [2.05, 4.69) is 35.2 Å². The smallest absolute Gasteiger partial charge is 0.388 e. The molecule has 5 rings (SSSR count). The zero-order chi connectivity index (χ0) is 28.6. The lowest BCUT2D eigenvalue weighted by Gasteiger charge is -2.37. The molecule has 11 heteroatoms. The van der Waals surface area contributed by atoms with Crippen LogP contribution in [0.15, 0.2) is 24.3 Å². The van der Waals surface area contributed by atoms with Crippen molar-refractivity contribution >= 4 is 40.7 Å². The average Bonchev–Trinajstić information content (AvgIpc) is 3.55. The van der Waals surface area contributed by atoms with Crippen molar-refractivity contribution < 1.29 is 14.3 Å². The van der Waals surface area contributed by atoms with Gasteiger partial charge in [-0.15, -0.1) is 0 Å². The second-order valence-electron chi connectivity index (χ2n) is 11.6. The lowest BCUT2D eigenvalue weighted by atomic mass is 9.83. The van der Waals surface area contributed by atoms with E-state index in [1.807, 2.05) is 18.2 Å². The Balaban J connectivity index is 1.73. The predicted octanol–water partition coefficient (Wildman–Crippen LogP) is 5.79.